The molecular weight excluding hydrogens is 254 g/mol. The van der Waals surface area contributed by atoms with Crippen molar-refractivity contribution in [1.82, 2.24) is 4.98 Å². The second kappa shape index (κ2) is 6.57. The van der Waals surface area contributed by atoms with Crippen molar-refractivity contribution >= 4 is 22.8 Å². The first kappa shape index (κ1) is 13.9. The van der Waals surface area contributed by atoms with E-state index < -0.39 is 0 Å². The van der Waals surface area contributed by atoms with Crippen LogP contribution in [0.5, 0.6) is 0 Å². The molecule has 0 aliphatic carbocycles. The summed E-state index contributed by atoms with van der Waals surface area (Å²) in [7, 11) is 0. The lowest BCUT2D eigenvalue weighted by molar-refractivity contribution is 0.846. The molecule has 0 bridgehead atoms. The van der Waals surface area contributed by atoms with Crippen molar-refractivity contribution in [1.29, 1.82) is 0 Å². The van der Waals surface area contributed by atoms with Crippen molar-refractivity contribution in [2.75, 3.05) is 23.3 Å². The molecule has 4 heteroatoms. The Morgan fingerprint density at radius 2 is 1.95 bits per heavy atom. The van der Waals surface area contributed by atoms with Crippen molar-refractivity contribution in [2.45, 2.75) is 27.3 Å². The minimum absolute atomic E-state index is 0.866. The van der Waals surface area contributed by atoms with Gasteiger partial charge in [0.1, 0.15) is 5.82 Å². The number of pyridine rings is 1. The number of nitrogens with zero attached hydrogens (tertiary/aromatic N) is 2. The van der Waals surface area contributed by atoms with Gasteiger partial charge in [0, 0.05) is 29.4 Å². The lowest BCUT2D eigenvalue weighted by Gasteiger charge is -2.19. The van der Waals surface area contributed by atoms with Gasteiger partial charge in [0.15, 0.2) is 0 Å². The minimum atomic E-state index is 0.866. The largest absolute Gasteiger partial charge is 0.379 e. The molecule has 0 atom stereocenters. The van der Waals surface area contributed by atoms with E-state index in [4.69, 9.17) is 0 Å². The van der Waals surface area contributed by atoms with Crippen molar-refractivity contribution < 1.29 is 0 Å². The fraction of sp³-hybridized carbons (Fsp3) is 0.400. The smallest absolute Gasteiger partial charge is 0.128 e. The molecule has 0 aromatic carbocycles. The summed E-state index contributed by atoms with van der Waals surface area (Å²) in [4.78, 5) is 9.45. The molecular formula is C15H21N3S. The third kappa shape index (κ3) is 3.70. The van der Waals surface area contributed by atoms with Crippen LogP contribution in [0.25, 0.3) is 0 Å². The molecule has 2 aromatic rings. The zero-order valence-electron chi connectivity index (χ0n) is 11.8. The Labute approximate surface area is 119 Å². The zero-order valence-corrected chi connectivity index (χ0v) is 12.6. The van der Waals surface area contributed by atoms with Gasteiger partial charge in [-0.05, 0) is 45.0 Å². The lowest BCUT2D eigenvalue weighted by Crippen LogP contribution is -2.22. The van der Waals surface area contributed by atoms with Crippen molar-refractivity contribution in [3.05, 3.63) is 40.2 Å². The molecule has 3 nitrogen and oxygen atoms in total. The molecule has 0 saturated heterocycles. The summed E-state index contributed by atoms with van der Waals surface area (Å²) in [5.41, 5.74) is 1.07. The number of thiophene rings is 1. The highest BCUT2D eigenvalue weighted by Crippen LogP contribution is 2.18. The first-order valence-corrected chi connectivity index (χ1v) is 7.54. The summed E-state index contributed by atoms with van der Waals surface area (Å²) in [5, 5.41) is 3.41. The Bertz CT molecular complexity index is 500. The predicted octanol–water partition coefficient (Wildman–Crippen LogP) is 3.91. The Morgan fingerprint density at radius 3 is 2.47 bits per heavy atom. The number of hydrogen-bond acceptors (Lipinski definition) is 4. The highest BCUT2D eigenvalue weighted by molar-refractivity contribution is 7.11. The van der Waals surface area contributed by atoms with Crippen LogP contribution in [0.1, 0.15) is 23.6 Å². The van der Waals surface area contributed by atoms with Crippen LogP contribution in [0.15, 0.2) is 30.5 Å². The first-order valence-electron chi connectivity index (χ1n) is 6.73. The van der Waals surface area contributed by atoms with Gasteiger partial charge in [-0.25, -0.2) is 4.98 Å². The van der Waals surface area contributed by atoms with Crippen LogP contribution in [0.3, 0.4) is 0 Å². The molecule has 0 fully saturated rings. The van der Waals surface area contributed by atoms with Crippen LogP contribution in [0.2, 0.25) is 0 Å². The van der Waals surface area contributed by atoms with Gasteiger partial charge in [-0.3, -0.25) is 0 Å². The molecule has 0 unspecified atom stereocenters. The third-order valence-corrected chi connectivity index (χ3v) is 4.10. The Morgan fingerprint density at radius 1 is 1.16 bits per heavy atom. The molecule has 1 N–H and O–H groups in total. The Hall–Kier alpha value is -1.55. The second-order valence-corrected chi connectivity index (χ2v) is 5.82. The number of aromatic nitrogens is 1. The van der Waals surface area contributed by atoms with Crippen LogP contribution in [0, 0.1) is 6.92 Å². The van der Waals surface area contributed by atoms with Crippen LogP contribution in [-0.2, 0) is 6.54 Å². The zero-order chi connectivity index (χ0) is 13.7. The summed E-state index contributed by atoms with van der Waals surface area (Å²) in [6, 6.07) is 8.50. The fourth-order valence-electron chi connectivity index (χ4n) is 1.99. The number of aryl methyl sites for hydroxylation is 1. The van der Waals surface area contributed by atoms with Crippen molar-refractivity contribution in [3.63, 3.8) is 0 Å². The van der Waals surface area contributed by atoms with E-state index in [-0.39, 0.29) is 0 Å². The van der Waals surface area contributed by atoms with E-state index in [9.17, 15) is 0 Å². The topological polar surface area (TPSA) is 28.2 Å². The van der Waals surface area contributed by atoms with Gasteiger partial charge in [0.05, 0.1) is 11.9 Å². The predicted molar refractivity (Wildman–Crippen MR) is 84.2 cm³/mol. The minimum Gasteiger partial charge on any atom is -0.379 e. The Kier molecular flexibility index (Phi) is 4.80. The molecule has 19 heavy (non-hydrogen) atoms. The normalized spacial score (nSPS) is 10.5. The number of anilines is 2. The summed E-state index contributed by atoms with van der Waals surface area (Å²) in [6.45, 7) is 9.28. The van der Waals surface area contributed by atoms with E-state index in [0.29, 0.717) is 0 Å². The molecule has 0 amide bonds. The number of rotatable bonds is 6. The van der Waals surface area contributed by atoms with E-state index in [0.717, 1.165) is 31.1 Å². The average Bonchev–Trinajstić information content (AvgIpc) is 2.85. The maximum absolute atomic E-state index is 4.51. The summed E-state index contributed by atoms with van der Waals surface area (Å²) < 4.78 is 0. The highest BCUT2D eigenvalue weighted by Gasteiger charge is 2.03. The maximum atomic E-state index is 4.51. The van der Waals surface area contributed by atoms with E-state index in [2.05, 4.69) is 60.2 Å². The summed E-state index contributed by atoms with van der Waals surface area (Å²) in [5.74, 6) is 1.04. The van der Waals surface area contributed by atoms with Crippen molar-refractivity contribution in [2.24, 2.45) is 0 Å². The molecule has 0 aliphatic rings. The van der Waals surface area contributed by atoms with Crippen LogP contribution in [-0.4, -0.2) is 18.1 Å². The van der Waals surface area contributed by atoms with E-state index in [1.165, 1.54) is 9.75 Å². The van der Waals surface area contributed by atoms with Crippen LogP contribution in [0.4, 0.5) is 11.5 Å². The lowest BCUT2D eigenvalue weighted by atomic mass is 10.3. The van der Waals surface area contributed by atoms with Crippen LogP contribution < -0.4 is 10.2 Å². The SMILES string of the molecule is CCN(CC)c1ccc(NCc2ccc(C)s2)cn1. The first-order chi connectivity index (χ1) is 9.22. The molecule has 0 aliphatic heterocycles. The van der Waals surface area contributed by atoms with E-state index in [1.54, 1.807) is 0 Å². The van der Waals surface area contributed by atoms with Gasteiger partial charge < -0.3 is 10.2 Å². The highest BCUT2D eigenvalue weighted by atomic mass is 32.1. The van der Waals surface area contributed by atoms with E-state index in [1.807, 2.05) is 17.5 Å². The van der Waals surface area contributed by atoms with Crippen molar-refractivity contribution in [3.8, 4) is 0 Å². The number of nitrogens with one attached hydrogen (secondary N) is 1. The number of hydrogen-bond donors (Lipinski definition) is 1. The molecule has 2 rings (SSSR count). The summed E-state index contributed by atoms with van der Waals surface area (Å²) >= 11 is 1.83. The average molecular weight is 275 g/mol. The van der Waals surface area contributed by atoms with Gasteiger partial charge in [0.25, 0.3) is 0 Å². The van der Waals surface area contributed by atoms with Gasteiger partial charge >= 0.3 is 0 Å². The fourth-order valence-corrected chi connectivity index (χ4v) is 2.82. The quantitative estimate of drug-likeness (QED) is 0.866. The van der Waals surface area contributed by atoms with E-state index >= 15 is 0 Å². The molecule has 2 heterocycles. The molecule has 0 radical (unpaired) electrons. The Balaban J connectivity index is 1.95. The summed E-state index contributed by atoms with van der Waals surface area (Å²) in [6.07, 6.45) is 1.91. The molecule has 2 aromatic heterocycles. The van der Waals surface area contributed by atoms with Crippen LogP contribution >= 0.6 is 11.3 Å². The molecule has 102 valence electrons. The standard InChI is InChI=1S/C15H21N3S/c1-4-18(5-2)15-9-7-13(10-17-15)16-11-14-8-6-12(3)19-14/h6-10,16H,4-5,11H2,1-3H3. The second-order valence-electron chi connectivity index (χ2n) is 4.44. The molecule has 0 spiro atoms. The van der Waals surface area contributed by atoms with Gasteiger partial charge in [-0.2, -0.15) is 0 Å². The van der Waals surface area contributed by atoms with Gasteiger partial charge in [-0.15, -0.1) is 11.3 Å². The molecule has 0 saturated carbocycles. The van der Waals surface area contributed by atoms with Gasteiger partial charge in [-0.1, -0.05) is 0 Å². The third-order valence-electron chi connectivity index (χ3n) is 3.10. The van der Waals surface area contributed by atoms with Gasteiger partial charge in [0.2, 0.25) is 0 Å². The maximum Gasteiger partial charge on any atom is 0.128 e. The monoisotopic (exact) mass is 275 g/mol.